The molecule has 36 heavy (non-hydrogen) atoms. The van der Waals surface area contributed by atoms with Gasteiger partial charge in [-0.15, -0.1) is 0 Å². The number of hydrogen-bond acceptors (Lipinski definition) is 3. The molecule has 3 aromatic carbocycles. The Kier molecular flexibility index (Phi) is 7.08. The van der Waals surface area contributed by atoms with Crippen LogP contribution in [0.25, 0.3) is 0 Å². The van der Waals surface area contributed by atoms with Gasteiger partial charge < -0.3 is 15.0 Å². The minimum Gasteiger partial charge on any atom is -0.481 e. The number of ether oxygens (including phenoxy) is 1. The monoisotopic (exact) mass is 482 g/mol. The molecule has 0 spiro atoms. The van der Waals surface area contributed by atoms with Gasteiger partial charge in [0.2, 0.25) is 5.91 Å². The molecular formula is C31H34N2O3. The number of amides is 2. The van der Waals surface area contributed by atoms with Crippen molar-refractivity contribution in [2.24, 2.45) is 5.92 Å². The summed E-state index contributed by atoms with van der Waals surface area (Å²) < 4.78 is 6.22. The SMILES string of the molecule is CC[C@@H](Oc1ccc2c(c1)[C@H](c1ccc(C)cc1)N(C(=O)C1CC1)CC2)C(=O)NCc1ccccc1. The van der Waals surface area contributed by atoms with Gasteiger partial charge >= 0.3 is 0 Å². The standard InChI is InChI=1S/C31H34N2O3/c1-3-28(30(34)32-20-22-7-5-4-6-8-22)36-26-16-15-23-17-18-33(31(35)25-13-14-25)29(27(23)19-26)24-11-9-21(2)10-12-24/h4-12,15-16,19,25,28-29H,3,13-14,17-18,20H2,1-2H3,(H,32,34)/t28-,29+/m1/s1. The minimum atomic E-state index is -0.586. The van der Waals surface area contributed by atoms with E-state index in [1.165, 1.54) is 11.1 Å². The van der Waals surface area contributed by atoms with Gasteiger partial charge in [-0.3, -0.25) is 9.59 Å². The van der Waals surface area contributed by atoms with Gasteiger partial charge in [-0.2, -0.15) is 0 Å². The summed E-state index contributed by atoms with van der Waals surface area (Å²) in [6.45, 7) is 5.22. The number of benzene rings is 3. The molecule has 0 unspecified atom stereocenters. The first-order chi connectivity index (χ1) is 17.5. The highest BCUT2D eigenvalue weighted by Crippen LogP contribution is 2.41. The zero-order valence-corrected chi connectivity index (χ0v) is 21.1. The predicted molar refractivity (Wildman–Crippen MR) is 141 cm³/mol. The number of nitrogens with zero attached hydrogens (tertiary/aromatic N) is 1. The van der Waals surface area contributed by atoms with Gasteiger partial charge in [0.1, 0.15) is 5.75 Å². The van der Waals surface area contributed by atoms with Gasteiger partial charge in [0.15, 0.2) is 6.10 Å². The molecule has 3 aromatic rings. The molecule has 0 radical (unpaired) electrons. The van der Waals surface area contributed by atoms with Crippen LogP contribution in [0.4, 0.5) is 0 Å². The summed E-state index contributed by atoms with van der Waals surface area (Å²) in [6, 6.07) is 24.3. The molecule has 2 atom stereocenters. The summed E-state index contributed by atoms with van der Waals surface area (Å²) >= 11 is 0. The van der Waals surface area contributed by atoms with Crippen LogP contribution in [0.5, 0.6) is 5.75 Å². The van der Waals surface area contributed by atoms with E-state index in [0.29, 0.717) is 18.7 Å². The molecule has 1 heterocycles. The van der Waals surface area contributed by atoms with Crippen molar-refractivity contribution in [2.75, 3.05) is 6.54 Å². The van der Waals surface area contributed by atoms with Crippen molar-refractivity contribution in [3.8, 4) is 5.75 Å². The summed E-state index contributed by atoms with van der Waals surface area (Å²) in [6.07, 6.45) is 2.78. The second kappa shape index (κ2) is 10.6. The average Bonchev–Trinajstić information content (AvgIpc) is 3.76. The molecule has 0 saturated heterocycles. The molecule has 1 fully saturated rings. The van der Waals surface area contributed by atoms with E-state index in [0.717, 1.165) is 42.5 Å². The maximum atomic E-state index is 13.2. The van der Waals surface area contributed by atoms with Crippen LogP contribution >= 0.6 is 0 Å². The first-order valence-electron chi connectivity index (χ1n) is 13.0. The number of fused-ring (bicyclic) bond motifs is 1. The van der Waals surface area contributed by atoms with E-state index in [1.54, 1.807) is 0 Å². The topological polar surface area (TPSA) is 58.6 Å². The second-order valence-electron chi connectivity index (χ2n) is 9.95. The smallest absolute Gasteiger partial charge is 0.261 e. The molecule has 5 rings (SSSR count). The van der Waals surface area contributed by atoms with E-state index in [-0.39, 0.29) is 23.8 Å². The number of hydrogen-bond donors (Lipinski definition) is 1. The number of nitrogens with one attached hydrogen (secondary N) is 1. The molecule has 186 valence electrons. The first kappa shape index (κ1) is 24.1. The molecule has 1 aliphatic carbocycles. The third kappa shape index (κ3) is 5.30. The van der Waals surface area contributed by atoms with Crippen LogP contribution in [-0.4, -0.2) is 29.4 Å². The summed E-state index contributed by atoms with van der Waals surface area (Å²) in [5, 5.41) is 3.00. The zero-order valence-electron chi connectivity index (χ0n) is 21.1. The molecule has 0 aromatic heterocycles. The Morgan fingerprint density at radius 1 is 1.03 bits per heavy atom. The molecule has 5 heteroatoms. The summed E-state index contributed by atoms with van der Waals surface area (Å²) in [5.41, 5.74) is 5.68. The van der Waals surface area contributed by atoms with E-state index in [4.69, 9.17) is 4.74 Å². The van der Waals surface area contributed by atoms with E-state index in [9.17, 15) is 9.59 Å². The van der Waals surface area contributed by atoms with Crippen LogP contribution in [0.2, 0.25) is 0 Å². The van der Waals surface area contributed by atoms with E-state index in [2.05, 4.69) is 47.5 Å². The molecule has 5 nitrogen and oxygen atoms in total. The maximum Gasteiger partial charge on any atom is 0.261 e. The third-order valence-electron chi connectivity index (χ3n) is 7.20. The quantitative estimate of drug-likeness (QED) is 0.471. The lowest BCUT2D eigenvalue weighted by Gasteiger charge is -2.38. The van der Waals surface area contributed by atoms with E-state index in [1.807, 2.05) is 49.4 Å². The maximum absolute atomic E-state index is 13.2. The summed E-state index contributed by atoms with van der Waals surface area (Å²) in [7, 11) is 0. The number of carbonyl (C=O) groups excluding carboxylic acids is 2. The van der Waals surface area contributed by atoms with Gasteiger partial charge in [0, 0.05) is 19.0 Å². The van der Waals surface area contributed by atoms with Crippen molar-refractivity contribution < 1.29 is 14.3 Å². The lowest BCUT2D eigenvalue weighted by Crippen LogP contribution is -2.41. The van der Waals surface area contributed by atoms with Crippen molar-refractivity contribution in [2.45, 2.75) is 58.2 Å². The highest BCUT2D eigenvalue weighted by atomic mass is 16.5. The molecule has 1 aliphatic heterocycles. The van der Waals surface area contributed by atoms with Crippen molar-refractivity contribution in [3.05, 3.63) is 101 Å². The fourth-order valence-corrected chi connectivity index (χ4v) is 4.96. The first-order valence-corrected chi connectivity index (χ1v) is 13.0. The largest absolute Gasteiger partial charge is 0.481 e. The normalized spacial score (nSPS) is 17.7. The van der Waals surface area contributed by atoms with E-state index >= 15 is 0 Å². The second-order valence-corrected chi connectivity index (χ2v) is 9.95. The number of carbonyl (C=O) groups is 2. The number of aryl methyl sites for hydroxylation is 1. The molecule has 1 N–H and O–H groups in total. The van der Waals surface area contributed by atoms with Crippen molar-refractivity contribution in [1.29, 1.82) is 0 Å². The Bertz CT molecular complexity index is 1220. The van der Waals surface area contributed by atoms with Gasteiger partial charge in [0.05, 0.1) is 6.04 Å². The van der Waals surface area contributed by atoms with Crippen molar-refractivity contribution in [3.63, 3.8) is 0 Å². The van der Waals surface area contributed by atoms with E-state index < -0.39 is 6.10 Å². The third-order valence-corrected chi connectivity index (χ3v) is 7.20. The minimum absolute atomic E-state index is 0.125. The predicted octanol–water partition coefficient (Wildman–Crippen LogP) is 5.35. The Labute approximate surface area is 213 Å². The number of rotatable bonds is 8. The summed E-state index contributed by atoms with van der Waals surface area (Å²) in [4.78, 5) is 28.2. The Morgan fingerprint density at radius 3 is 2.47 bits per heavy atom. The van der Waals surface area contributed by atoms with Crippen LogP contribution in [0.15, 0.2) is 72.8 Å². The average molecular weight is 483 g/mol. The van der Waals surface area contributed by atoms with Gasteiger partial charge in [-0.1, -0.05) is 73.2 Å². The van der Waals surface area contributed by atoms with Crippen molar-refractivity contribution >= 4 is 11.8 Å². The molecule has 0 bridgehead atoms. The lowest BCUT2D eigenvalue weighted by molar-refractivity contribution is -0.134. The Balaban J connectivity index is 1.39. The van der Waals surface area contributed by atoms with Crippen LogP contribution in [-0.2, 0) is 22.6 Å². The van der Waals surface area contributed by atoms with Crippen LogP contribution in [0.1, 0.15) is 60.0 Å². The van der Waals surface area contributed by atoms with Crippen LogP contribution in [0.3, 0.4) is 0 Å². The highest BCUT2D eigenvalue weighted by Gasteiger charge is 2.39. The zero-order chi connectivity index (χ0) is 25.1. The molecule has 2 aliphatic rings. The Morgan fingerprint density at radius 2 is 1.78 bits per heavy atom. The van der Waals surface area contributed by atoms with Gasteiger partial charge in [-0.25, -0.2) is 0 Å². The highest BCUT2D eigenvalue weighted by molar-refractivity contribution is 5.82. The fourth-order valence-electron chi connectivity index (χ4n) is 4.96. The lowest BCUT2D eigenvalue weighted by atomic mass is 9.87. The van der Waals surface area contributed by atoms with Gasteiger partial charge in [-0.05, 0) is 67.0 Å². The van der Waals surface area contributed by atoms with Gasteiger partial charge in [0.25, 0.3) is 5.91 Å². The molecule has 1 saturated carbocycles. The Hall–Kier alpha value is -3.60. The fraction of sp³-hybridized carbons (Fsp3) is 0.355. The molecule has 2 amide bonds. The van der Waals surface area contributed by atoms with Crippen LogP contribution in [0, 0.1) is 12.8 Å². The summed E-state index contributed by atoms with van der Waals surface area (Å²) in [5.74, 6) is 0.953. The molecular weight excluding hydrogens is 448 g/mol. The van der Waals surface area contributed by atoms with Crippen LogP contribution < -0.4 is 10.1 Å². The van der Waals surface area contributed by atoms with Crippen molar-refractivity contribution in [1.82, 2.24) is 10.2 Å².